The summed E-state index contributed by atoms with van der Waals surface area (Å²) in [5.41, 5.74) is 4.03. The van der Waals surface area contributed by atoms with Gasteiger partial charge in [0.25, 0.3) is 0 Å². The number of carbonyl (C=O) groups excluding carboxylic acids is 2. The number of hydrogen-bond donors (Lipinski definition) is 0. The molecule has 0 spiro atoms. The van der Waals surface area contributed by atoms with Gasteiger partial charge in [-0.05, 0) is 61.1 Å². The maximum absolute atomic E-state index is 12.1. The van der Waals surface area contributed by atoms with Gasteiger partial charge in [-0.15, -0.1) is 5.10 Å². The first-order chi connectivity index (χ1) is 14.0. The molecule has 152 valence electrons. The molecule has 2 fully saturated rings. The fourth-order valence-electron chi connectivity index (χ4n) is 4.34. The fraction of sp³-hybridized carbons (Fsp3) is 0.524. The second kappa shape index (κ2) is 7.13. The summed E-state index contributed by atoms with van der Waals surface area (Å²) >= 11 is 6.71. The van der Waals surface area contributed by atoms with Gasteiger partial charge >= 0.3 is 6.03 Å². The summed E-state index contributed by atoms with van der Waals surface area (Å²) < 4.78 is 1.97. The normalized spacial score (nSPS) is 22.7. The molecule has 3 amide bonds. The molecule has 0 radical (unpaired) electrons. The van der Waals surface area contributed by atoms with Crippen molar-refractivity contribution in [2.45, 2.75) is 38.6 Å². The van der Waals surface area contributed by atoms with Crippen LogP contribution in [-0.4, -0.2) is 56.9 Å². The van der Waals surface area contributed by atoms with E-state index in [0.717, 1.165) is 48.3 Å². The van der Waals surface area contributed by atoms with Gasteiger partial charge in [-0.2, -0.15) is 0 Å². The number of halogens is 1. The Hall–Kier alpha value is -2.41. The molecular formula is C21H24ClN5O2. The largest absolute Gasteiger partial charge is 0.326 e. The van der Waals surface area contributed by atoms with Crippen LogP contribution in [0.1, 0.15) is 37.7 Å². The van der Waals surface area contributed by atoms with E-state index in [2.05, 4.69) is 28.5 Å². The van der Waals surface area contributed by atoms with E-state index in [1.165, 1.54) is 23.3 Å². The second-order valence-corrected chi connectivity index (χ2v) is 8.87. The molecule has 1 saturated carbocycles. The first-order valence-corrected chi connectivity index (χ1v) is 10.7. The Balaban J connectivity index is 1.30. The summed E-state index contributed by atoms with van der Waals surface area (Å²) in [7, 11) is 1.54. The Kier molecular flexibility index (Phi) is 4.57. The van der Waals surface area contributed by atoms with E-state index >= 15 is 0 Å². The highest BCUT2D eigenvalue weighted by Gasteiger charge is 2.34. The molecule has 7 nitrogen and oxygen atoms in total. The zero-order valence-electron chi connectivity index (χ0n) is 16.5. The number of benzene rings is 1. The van der Waals surface area contributed by atoms with Crippen LogP contribution in [-0.2, 0) is 11.3 Å². The standard InChI is InChI=1S/C21H24ClN5O2/c1-25-18(28)12-26(21(25)29)10-13-4-6-15(7-5-13)16-8-9-17-20(19(16)22)23-24-27(17)11-14-2-3-14/h6,8-9,13-14H,2-5,7,10-12H2,1H3. The number of allylic oxidation sites excluding steroid dienone is 2. The van der Waals surface area contributed by atoms with Crippen molar-refractivity contribution in [3.05, 3.63) is 28.8 Å². The van der Waals surface area contributed by atoms with E-state index in [4.69, 9.17) is 11.6 Å². The first-order valence-electron chi connectivity index (χ1n) is 10.3. The van der Waals surface area contributed by atoms with Crippen LogP contribution in [0, 0.1) is 11.8 Å². The summed E-state index contributed by atoms with van der Waals surface area (Å²) in [5.74, 6) is 0.967. The van der Waals surface area contributed by atoms with Gasteiger partial charge in [0.15, 0.2) is 0 Å². The van der Waals surface area contributed by atoms with Crippen LogP contribution in [0.3, 0.4) is 0 Å². The minimum Gasteiger partial charge on any atom is -0.315 e. The summed E-state index contributed by atoms with van der Waals surface area (Å²) in [5, 5.41) is 9.32. The van der Waals surface area contributed by atoms with Crippen molar-refractivity contribution >= 4 is 40.1 Å². The molecule has 2 aliphatic carbocycles. The van der Waals surface area contributed by atoms with Gasteiger partial charge in [0.1, 0.15) is 12.1 Å². The summed E-state index contributed by atoms with van der Waals surface area (Å²) in [4.78, 5) is 26.7. The maximum atomic E-state index is 12.1. The van der Waals surface area contributed by atoms with Crippen LogP contribution in [0.4, 0.5) is 4.79 Å². The number of hydrogen-bond acceptors (Lipinski definition) is 4. The molecule has 8 heteroatoms. The van der Waals surface area contributed by atoms with Crippen LogP contribution >= 0.6 is 11.6 Å². The van der Waals surface area contributed by atoms with Crippen LogP contribution in [0.15, 0.2) is 18.2 Å². The molecule has 1 aliphatic heterocycles. The Morgan fingerprint density at radius 2 is 1.97 bits per heavy atom. The molecule has 5 rings (SSSR count). The minimum absolute atomic E-state index is 0.128. The zero-order valence-corrected chi connectivity index (χ0v) is 17.2. The van der Waals surface area contributed by atoms with Crippen LogP contribution in [0.5, 0.6) is 0 Å². The molecule has 1 aromatic carbocycles. The number of rotatable bonds is 5. The van der Waals surface area contributed by atoms with E-state index in [9.17, 15) is 9.59 Å². The number of aromatic nitrogens is 3. The molecule has 1 unspecified atom stereocenters. The third-order valence-corrected chi connectivity index (χ3v) is 6.74. The van der Waals surface area contributed by atoms with Gasteiger partial charge in [0.05, 0.1) is 10.5 Å². The number of carbonyl (C=O) groups is 2. The number of urea groups is 1. The molecule has 0 N–H and O–H groups in total. The first kappa shape index (κ1) is 18.6. The third-order valence-electron chi connectivity index (χ3n) is 6.36. The highest BCUT2D eigenvalue weighted by atomic mass is 35.5. The molecule has 29 heavy (non-hydrogen) atoms. The Morgan fingerprint density at radius 3 is 2.62 bits per heavy atom. The molecule has 2 heterocycles. The third kappa shape index (κ3) is 3.41. The van der Waals surface area contributed by atoms with Gasteiger partial charge < -0.3 is 4.90 Å². The lowest BCUT2D eigenvalue weighted by Crippen LogP contribution is -2.34. The van der Waals surface area contributed by atoms with Crippen LogP contribution in [0.2, 0.25) is 5.02 Å². The topological polar surface area (TPSA) is 71.3 Å². The molecule has 1 aromatic heterocycles. The average Bonchev–Trinajstić information content (AvgIpc) is 3.40. The maximum Gasteiger partial charge on any atom is 0.326 e. The summed E-state index contributed by atoms with van der Waals surface area (Å²) in [6.07, 6.45) is 7.51. The van der Waals surface area contributed by atoms with Crippen LogP contribution in [0.25, 0.3) is 16.6 Å². The van der Waals surface area contributed by atoms with Gasteiger partial charge in [-0.3, -0.25) is 9.69 Å². The molecule has 1 saturated heterocycles. The average molecular weight is 414 g/mol. The van der Waals surface area contributed by atoms with Crippen molar-refractivity contribution in [2.75, 3.05) is 20.1 Å². The second-order valence-electron chi connectivity index (χ2n) is 8.50. The zero-order chi connectivity index (χ0) is 20.1. The quantitative estimate of drug-likeness (QED) is 0.702. The van der Waals surface area contributed by atoms with E-state index in [1.54, 1.807) is 11.9 Å². The lowest BCUT2D eigenvalue weighted by molar-refractivity contribution is -0.124. The predicted molar refractivity (Wildman–Crippen MR) is 110 cm³/mol. The van der Waals surface area contributed by atoms with Gasteiger partial charge in [0, 0.05) is 20.1 Å². The molecule has 0 bridgehead atoms. The number of imide groups is 1. The molecule has 1 atom stereocenters. The van der Waals surface area contributed by atoms with Crippen LogP contribution < -0.4 is 0 Å². The summed E-state index contributed by atoms with van der Waals surface area (Å²) in [6, 6.07) is 3.98. The van der Waals surface area contributed by atoms with E-state index in [0.29, 0.717) is 17.5 Å². The number of likely N-dealkylation sites (N-methyl/N-ethyl adjacent to an activating group) is 1. The predicted octanol–water partition coefficient (Wildman–Crippen LogP) is 3.57. The minimum atomic E-state index is -0.187. The number of amides is 3. The van der Waals surface area contributed by atoms with E-state index < -0.39 is 0 Å². The molecule has 2 aromatic rings. The van der Waals surface area contributed by atoms with Gasteiger partial charge in [0.2, 0.25) is 5.91 Å². The molecule has 3 aliphatic rings. The van der Waals surface area contributed by atoms with E-state index in [-0.39, 0.29) is 18.5 Å². The monoisotopic (exact) mass is 413 g/mol. The van der Waals surface area contributed by atoms with Crippen molar-refractivity contribution in [1.29, 1.82) is 0 Å². The van der Waals surface area contributed by atoms with Crippen molar-refractivity contribution in [1.82, 2.24) is 24.8 Å². The Bertz CT molecular complexity index is 1030. The smallest absolute Gasteiger partial charge is 0.315 e. The van der Waals surface area contributed by atoms with Crippen molar-refractivity contribution in [2.24, 2.45) is 11.8 Å². The van der Waals surface area contributed by atoms with Gasteiger partial charge in [-0.25, -0.2) is 9.48 Å². The molecular weight excluding hydrogens is 390 g/mol. The van der Waals surface area contributed by atoms with Crippen molar-refractivity contribution in [3.8, 4) is 0 Å². The summed E-state index contributed by atoms with van der Waals surface area (Å²) in [6.45, 7) is 1.74. The number of nitrogens with zero attached hydrogens (tertiary/aromatic N) is 5. The van der Waals surface area contributed by atoms with Crippen molar-refractivity contribution < 1.29 is 9.59 Å². The van der Waals surface area contributed by atoms with Gasteiger partial charge in [-0.1, -0.05) is 29.0 Å². The fourth-order valence-corrected chi connectivity index (χ4v) is 4.66. The lowest BCUT2D eigenvalue weighted by Gasteiger charge is -2.26. The Labute approximate surface area is 174 Å². The SMILES string of the molecule is CN1C(=O)CN(CC2CC=C(c3ccc4c(nnn4CC4CC4)c3Cl)CC2)C1=O. The lowest BCUT2D eigenvalue weighted by atomic mass is 9.86. The van der Waals surface area contributed by atoms with E-state index in [1.807, 2.05) is 4.68 Å². The Morgan fingerprint density at radius 1 is 1.14 bits per heavy atom. The number of fused-ring (bicyclic) bond motifs is 1. The van der Waals surface area contributed by atoms with Crippen molar-refractivity contribution in [3.63, 3.8) is 0 Å². The highest BCUT2D eigenvalue weighted by Crippen LogP contribution is 2.38. The highest BCUT2D eigenvalue weighted by molar-refractivity contribution is 6.36.